The maximum atomic E-state index is 5.29. The molecule has 0 saturated heterocycles. The van der Waals surface area contributed by atoms with Gasteiger partial charge in [-0.05, 0) is 58.4 Å². The zero-order chi connectivity index (χ0) is 35.8. The van der Waals surface area contributed by atoms with Crippen molar-refractivity contribution in [3.05, 3.63) is 151 Å². The van der Waals surface area contributed by atoms with E-state index < -0.39 is 0 Å². The van der Waals surface area contributed by atoms with E-state index in [2.05, 4.69) is 154 Å². The normalized spacial score (nSPS) is 12.4. The van der Waals surface area contributed by atoms with Crippen LogP contribution in [0.5, 0.6) is 0 Å². The lowest BCUT2D eigenvalue weighted by atomic mass is 9.84. The molecule has 9 aromatic rings. The Morgan fingerprint density at radius 1 is 0.404 bits per heavy atom. The van der Waals surface area contributed by atoms with Crippen LogP contribution in [0.1, 0.15) is 52.7 Å². The van der Waals surface area contributed by atoms with E-state index in [0.29, 0.717) is 17.6 Å². The Labute approximate surface area is 304 Å². The van der Waals surface area contributed by atoms with E-state index in [-0.39, 0.29) is 10.8 Å². The lowest BCUT2D eigenvalue weighted by Crippen LogP contribution is -2.13. The van der Waals surface area contributed by atoms with Crippen LogP contribution in [0, 0.1) is 0 Å². The second-order valence-corrected chi connectivity index (χ2v) is 15.8. The lowest BCUT2D eigenvalue weighted by molar-refractivity contribution is 0.590. The van der Waals surface area contributed by atoms with E-state index in [1.54, 1.807) is 0 Å². The van der Waals surface area contributed by atoms with Crippen LogP contribution in [0.2, 0.25) is 0 Å². The van der Waals surface area contributed by atoms with Crippen LogP contribution in [-0.4, -0.2) is 24.1 Å². The third kappa shape index (κ3) is 5.19. The second-order valence-electron chi connectivity index (χ2n) is 15.8. The highest BCUT2D eigenvalue weighted by Gasteiger charge is 2.27. The van der Waals surface area contributed by atoms with Gasteiger partial charge < -0.3 is 4.57 Å². The molecule has 5 nitrogen and oxygen atoms in total. The zero-order valence-corrected chi connectivity index (χ0v) is 30.5. The molecule has 0 bridgehead atoms. The molecule has 254 valence electrons. The van der Waals surface area contributed by atoms with Crippen molar-refractivity contribution in [3.8, 4) is 34.4 Å². The monoisotopic (exact) mass is 675 g/mol. The number of benzene rings is 6. The molecule has 0 aliphatic heterocycles. The Morgan fingerprint density at radius 2 is 0.885 bits per heavy atom. The minimum atomic E-state index is -0.105. The van der Waals surface area contributed by atoms with Gasteiger partial charge in [-0.15, -0.1) is 0 Å². The van der Waals surface area contributed by atoms with Crippen molar-refractivity contribution in [1.82, 2.24) is 24.1 Å². The minimum Gasteiger partial charge on any atom is -0.307 e. The topological polar surface area (TPSA) is 48.5 Å². The fourth-order valence-electron chi connectivity index (χ4n) is 7.48. The van der Waals surface area contributed by atoms with Crippen LogP contribution < -0.4 is 0 Å². The third-order valence-corrected chi connectivity index (χ3v) is 10.3. The van der Waals surface area contributed by atoms with Gasteiger partial charge in [0.05, 0.1) is 27.8 Å². The molecule has 0 saturated carbocycles. The molecule has 6 aromatic carbocycles. The number of hydrogen-bond donors (Lipinski definition) is 0. The smallest absolute Gasteiger partial charge is 0.238 e. The van der Waals surface area contributed by atoms with Crippen LogP contribution in [-0.2, 0) is 10.8 Å². The first-order valence-electron chi connectivity index (χ1n) is 18.1. The summed E-state index contributed by atoms with van der Waals surface area (Å²) >= 11 is 0. The molecule has 0 amide bonds. The number of rotatable bonds is 4. The maximum absolute atomic E-state index is 5.29. The predicted molar refractivity (Wildman–Crippen MR) is 217 cm³/mol. The van der Waals surface area contributed by atoms with Crippen molar-refractivity contribution in [2.75, 3.05) is 0 Å². The van der Waals surface area contributed by atoms with Gasteiger partial charge >= 0.3 is 0 Å². The van der Waals surface area contributed by atoms with Crippen LogP contribution in [0.3, 0.4) is 0 Å². The van der Waals surface area contributed by atoms with Crippen LogP contribution in [0.25, 0.3) is 78.0 Å². The van der Waals surface area contributed by atoms with Crippen LogP contribution >= 0.6 is 0 Å². The first kappa shape index (κ1) is 31.9. The van der Waals surface area contributed by atoms with Gasteiger partial charge in [0.2, 0.25) is 5.95 Å². The highest BCUT2D eigenvalue weighted by Crippen LogP contribution is 2.43. The van der Waals surface area contributed by atoms with E-state index in [1.165, 1.54) is 32.7 Å². The Hall–Kier alpha value is -6.07. The molecule has 0 N–H and O–H groups in total. The quantitative estimate of drug-likeness (QED) is 0.187. The number of fused-ring (bicyclic) bond motifs is 6. The van der Waals surface area contributed by atoms with E-state index in [9.17, 15) is 0 Å². The van der Waals surface area contributed by atoms with Crippen molar-refractivity contribution in [1.29, 1.82) is 0 Å². The number of nitrogens with zero attached hydrogens (tertiary/aromatic N) is 5. The van der Waals surface area contributed by atoms with Gasteiger partial charge in [0.15, 0.2) is 11.6 Å². The average molecular weight is 676 g/mol. The van der Waals surface area contributed by atoms with Gasteiger partial charge in [-0.1, -0.05) is 145 Å². The molecule has 0 spiro atoms. The fourth-order valence-corrected chi connectivity index (χ4v) is 7.48. The first-order valence-corrected chi connectivity index (χ1v) is 18.1. The Morgan fingerprint density at radius 3 is 1.42 bits per heavy atom. The largest absolute Gasteiger partial charge is 0.307 e. The van der Waals surface area contributed by atoms with Crippen molar-refractivity contribution in [2.24, 2.45) is 0 Å². The number of aromatic nitrogens is 5. The lowest BCUT2D eigenvalue weighted by Gasteiger charge is -2.22. The van der Waals surface area contributed by atoms with Gasteiger partial charge in [-0.3, -0.25) is 4.57 Å². The number of hydrogen-bond acceptors (Lipinski definition) is 3. The summed E-state index contributed by atoms with van der Waals surface area (Å²) in [5.41, 5.74) is 9.82. The van der Waals surface area contributed by atoms with Crippen molar-refractivity contribution in [3.63, 3.8) is 0 Å². The summed E-state index contributed by atoms with van der Waals surface area (Å²) in [5, 5.41) is 4.80. The summed E-state index contributed by atoms with van der Waals surface area (Å²) in [7, 11) is 0. The van der Waals surface area contributed by atoms with Crippen LogP contribution in [0.4, 0.5) is 0 Å². The van der Waals surface area contributed by atoms with E-state index in [4.69, 9.17) is 15.0 Å². The Balaban J connectivity index is 1.49. The molecule has 9 rings (SSSR count). The molecule has 0 unspecified atom stereocenters. The van der Waals surface area contributed by atoms with E-state index in [0.717, 1.165) is 38.9 Å². The van der Waals surface area contributed by atoms with E-state index >= 15 is 0 Å². The third-order valence-electron chi connectivity index (χ3n) is 10.3. The molecule has 0 atom stereocenters. The number of para-hydroxylation sites is 2. The van der Waals surface area contributed by atoms with E-state index in [1.807, 2.05) is 36.4 Å². The van der Waals surface area contributed by atoms with Gasteiger partial charge in [0.25, 0.3) is 0 Å². The van der Waals surface area contributed by atoms with Gasteiger partial charge in [0, 0.05) is 32.7 Å². The molecular weight excluding hydrogens is 635 g/mol. The summed E-state index contributed by atoms with van der Waals surface area (Å²) in [6.45, 7) is 13.7. The van der Waals surface area contributed by atoms with Crippen LogP contribution in [0.15, 0.2) is 140 Å². The standard InChI is InChI=1S/C47H41N5/c1-46(2,3)32-25-26-40-36(27-32)37-28-33(47(4,5)6)29-41(51-38-23-15-13-21-34(38)35-22-14-16-24-39(35)51)42(37)52(40)45-49-43(30-17-9-7-10-18-30)48-44(50-45)31-19-11-8-12-20-31/h7-29H,1-6H3. The molecule has 3 heterocycles. The first-order chi connectivity index (χ1) is 25.1. The fraction of sp³-hybridized carbons (Fsp3) is 0.170. The summed E-state index contributed by atoms with van der Waals surface area (Å²) < 4.78 is 4.72. The molecule has 5 heteroatoms. The average Bonchev–Trinajstić information content (AvgIpc) is 3.67. The summed E-state index contributed by atoms with van der Waals surface area (Å²) in [4.78, 5) is 15.6. The molecule has 0 aliphatic carbocycles. The Bertz CT molecular complexity index is 2680. The summed E-state index contributed by atoms with van der Waals surface area (Å²) in [6, 6.07) is 49.6. The minimum absolute atomic E-state index is 0.0337. The summed E-state index contributed by atoms with van der Waals surface area (Å²) in [5.74, 6) is 1.85. The summed E-state index contributed by atoms with van der Waals surface area (Å²) in [6.07, 6.45) is 0. The predicted octanol–water partition coefficient (Wildman–Crippen LogP) is 12.0. The van der Waals surface area contributed by atoms with Crippen molar-refractivity contribution in [2.45, 2.75) is 52.4 Å². The molecule has 0 aliphatic rings. The maximum Gasteiger partial charge on any atom is 0.238 e. The zero-order valence-electron chi connectivity index (χ0n) is 30.5. The molecule has 3 aromatic heterocycles. The van der Waals surface area contributed by atoms with Crippen molar-refractivity contribution >= 4 is 43.6 Å². The molecule has 52 heavy (non-hydrogen) atoms. The van der Waals surface area contributed by atoms with Gasteiger partial charge in [0.1, 0.15) is 0 Å². The van der Waals surface area contributed by atoms with Gasteiger partial charge in [-0.25, -0.2) is 4.98 Å². The highest BCUT2D eigenvalue weighted by atomic mass is 15.2. The van der Waals surface area contributed by atoms with Gasteiger partial charge in [-0.2, -0.15) is 9.97 Å². The molecular formula is C47H41N5. The SMILES string of the molecule is CC(C)(C)c1ccc2c(c1)c1cc(C(C)(C)C)cc(-n3c4ccccc4c4ccccc43)c1n2-c1nc(-c2ccccc2)nc(-c2ccccc2)n1. The Kier molecular flexibility index (Phi) is 7.20. The molecule has 0 radical (unpaired) electrons. The highest BCUT2D eigenvalue weighted by molar-refractivity contribution is 6.15. The van der Waals surface area contributed by atoms with Crippen molar-refractivity contribution < 1.29 is 0 Å². The molecule has 0 fully saturated rings. The second kappa shape index (κ2) is 11.7.